The minimum Gasteiger partial charge on any atom is -0.381 e. The molecule has 0 saturated carbocycles. The van der Waals surface area contributed by atoms with Crippen molar-refractivity contribution in [2.24, 2.45) is 0 Å². The number of benzene rings is 3. The summed E-state index contributed by atoms with van der Waals surface area (Å²) in [6.45, 7) is -0.745. The summed E-state index contributed by atoms with van der Waals surface area (Å²) >= 11 is 5.94. The van der Waals surface area contributed by atoms with Crippen LogP contribution >= 0.6 is 11.6 Å². The van der Waals surface area contributed by atoms with E-state index in [9.17, 15) is 23.5 Å². The van der Waals surface area contributed by atoms with Gasteiger partial charge in [0.05, 0.1) is 18.8 Å². The number of aromatic nitrogens is 6. The SMILES string of the molecule is O=C(Nc1ccc(-n2cnn(C[C@@](O)(Cn3cncn3)c3ccc(F)cc3F)c2=O)cc1)c1cccc(Cl)c1. The number of aliphatic hydroxyl groups is 1. The summed E-state index contributed by atoms with van der Waals surface area (Å²) in [5.74, 6) is -2.15. The third-order valence-corrected chi connectivity index (χ3v) is 6.19. The number of amides is 1. The number of anilines is 1. The molecule has 0 bridgehead atoms. The highest BCUT2D eigenvalue weighted by molar-refractivity contribution is 6.31. The van der Waals surface area contributed by atoms with Gasteiger partial charge in [0.25, 0.3) is 5.91 Å². The van der Waals surface area contributed by atoms with Gasteiger partial charge in [-0.05, 0) is 48.5 Å². The quantitative estimate of drug-likeness (QED) is 0.305. The minimum atomic E-state index is -2.02. The first-order chi connectivity index (χ1) is 18.7. The third-order valence-electron chi connectivity index (χ3n) is 5.96. The normalized spacial score (nSPS) is 12.7. The first kappa shape index (κ1) is 25.9. The van der Waals surface area contributed by atoms with Crippen molar-refractivity contribution in [2.45, 2.75) is 18.7 Å². The van der Waals surface area contributed by atoms with Gasteiger partial charge >= 0.3 is 5.69 Å². The molecule has 39 heavy (non-hydrogen) atoms. The van der Waals surface area contributed by atoms with Crippen LogP contribution in [0.15, 0.2) is 90.5 Å². The van der Waals surface area contributed by atoms with E-state index in [1.54, 1.807) is 48.5 Å². The molecule has 0 saturated heterocycles. The molecule has 0 aliphatic rings. The molecule has 0 radical (unpaired) electrons. The first-order valence-corrected chi connectivity index (χ1v) is 11.9. The molecule has 0 spiro atoms. The summed E-state index contributed by atoms with van der Waals surface area (Å²) in [5, 5.41) is 22.7. The van der Waals surface area contributed by atoms with Crippen LogP contribution < -0.4 is 11.0 Å². The second kappa shape index (κ2) is 10.6. The lowest BCUT2D eigenvalue weighted by atomic mass is 9.93. The lowest BCUT2D eigenvalue weighted by Gasteiger charge is -2.28. The summed E-state index contributed by atoms with van der Waals surface area (Å²) in [4.78, 5) is 29.5. The van der Waals surface area contributed by atoms with Crippen molar-refractivity contribution in [3.8, 4) is 5.69 Å². The maximum Gasteiger partial charge on any atom is 0.350 e. The molecule has 1 amide bonds. The Balaban J connectivity index is 1.39. The zero-order valence-corrected chi connectivity index (χ0v) is 20.8. The van der Waals surface area contributed by atoms with E-state index >= 15 is 0 Å². The molecule has 2 aromatic heterocycles. The summed E-state index contributed by atoms with van der Waals surface area (Å²) in [6, 6.07) is 15.7. The highest BCUT2D eigenvalue weighted by atomic mass is 35.5. The van der Waals surface area contributed by atoms with Crippen LogP contribution in [-0.2, 0) is 18.7 Å². The Morgan fingerprint density at radius 3 is 2.49 bits per heavy atom. The Labute approximate surface area is 224 Å². The lowest BCUT2D eigenvalue weighted by molar-refractivity contribution is -0.00948. The fraction of sp³-hybridized carbons (Fsp3) is 0.115. The van der Waals surface area contributed by atoms with E-state index in [1.165, 1.54) is 28.2 Å². The Kier molecular flexibility index (Phi) is 7.05. The van der Waals surface area contributed by atoms with E-state index < -0.39 is 29.5 Å². The summed E-state index contributed by atoms with van der Waals surface area (Å²) in [5.41, 5.74) is -1.58. The molecule has 3 aromatic carbocycles. The predicted octanol–water partition coefficient (Wildman–Crippen LogP) is 3.40. The number of hydrogen-bond donors (Lipinski definition) is 2. The number of carbonyl (C=O) groups excluding carboxylic acids is 1. The Hall–Kier alpha value is -4.68. The minimum absolute atomic E-state index is 0.236. The molecule has 0 unspecified atom stereocenters. The Morgan fingerprint density at radius 2 is 1.79 bits per heavy atom. The van der Waals surface area contributed by atoms with Crippen LogP contribution in [0.25, 0.3) is 5.69 Å². The smallest absolute Gasteiger partial charge is 0.350 e. The van der Waals surface area contributed by atoms with Gasteiger partial charge in [-0.1, -0.05) is 23.7 Å². The second-order valence-corrected chi connectivity index (χ2v) is 9.14. The zero-order valence-electron chi connectivity index (χ0n) is 20.1. The third kappa shape index (κ3) is 5.61. The molecule has 2 N–H and O–H groups in total. The van der Waals surface area contributed by atoms with E-state index in [1.807, 2.05) is 0 Å². The molecule has 5 aromatic rings. The fourth-order valence-corrected chi connectivity index (χ4v) is 4.27. The van der Waals surface area contributed by atoms with E-state index in [0.29, 0.717) is 28.0 Å². The van der Waals surface area contributed by atoms with Crippen molar-refractivity contribution >= 4 is 23.2 Å². The Morgan fingerprint density at radius 1 is 1.00 bits per heavy atom. The number of rotatable bonds is 8. The van der Waals surface area contributed by atoms with E-state index in [0.717, 1.165) is 16.8 Å². The van der Waals surface area contributed by atoms with Crippen molar-refractivity contribution in [1.82, 2.24) is 29.1 Å². The van der Waals surface area contributed by atoms with Crippen LogP contribution in [-0.4, -0.2) is 40.1 Å². The molecule has 198 valence electrons. The molecule has 5 rings (SSSR count). The molecular formula is C26H20ClF2N7O3. The van der Waals surface area contributed by atoms with Gasteiger partial charge in [-0.2, -0.15) is 10.2 Å². The first-order valence-electron chi connectivity index (χ1n) is 11.5. The maximum atomic E-state index is 14.7. The lowest BCUT2D eigenvalue weighted by Crippen LogP contribution is -2.41. The molecule has 10 nitrogen and oxygen atoms in total. The zero-order chi connectivity index (χ0) is 27.6. The molecule has 2 heterocycles. The van der Waals surface area contributed by atoms with Crippen molar-refractivity contribution in [3.63, 3.8) is 0 Å². The van der Waals surface area contributed by atoms with Crippen molar-refractivity contribution in [3.05, 3.63) is 124 Å². The second-order valence-electron chi connectivity index (χ2n) is 8.70. The van der Waals surface area contributed by atoms with Gasteiger partial charge < -0.3 is 10.4 Å². The molecule has 0 fully saturated rings. The average molecular weight is 552 g/mol. The summed E-state index contributed by atoms with van der Waals surface area (Å²) in [7, 11) is 0. The van der Waals surface area contributed by atoms with Gasteiger partial charge in [0.2, 0.25) is 0 Å². The highest BCUT2D eigenvalue weighted by Gasteiger charge is 2.35. The molecule has 1 atom stereocenters. The van der Waals surface area contributed by atoms with Crippen LogP contribution in [0.3, 0.4) is 0 Å². The molecular weight excluding hydrogens is 532 g/mol. The monoisotopic (exact) mass is 551 g/mol. The summed E-state index contributed by atoms with van der Waals surface area (Å²) < 4.78 is 31.7. The van der Waals surface area contributed by atoms with Crippen molar-refractivity contribution in [1.29, 1.82) is 0 Å². The number of hydrogen-bond acceptors (Lipinski definition) is 6. The molecule has 0 aliphatic carbocycles. The van der Waals surface area contributed by atoms with Gasteiger partial charge in [-0.15, -0.1) is 0 Å². The van der Waals surface area contributed by atoms with Crippen LogP contribution in [0, 0.1) is 11.6 Å². The standard InChI is InChI=1S/C26H20ClF2N7O3/c27-18-3-1-2-17(10-18)24(37)33-20-5-7-21(8-6-20)35-16-32-36(25(35)38)13-26(39,12-34-15-30-14-31-34)22-9-4-19(28)11-23(22)29/h1-11,14-16,39H,12-13H2,(H,33,37)/t26-/m0/s1. The largest absolute Gasteiger partial charge is 0.381 e. The van der Waals surface area contributed by atoms with Gasteiger partial charge in [-0.25, -0.2) is 32.5 Å². The number of halogens is 3. The Bertz CT molecular complexity index is 1690. The summed E-state index contributed by atoms with van der Waals surface area (Å²) in [6.07, 6.45) is 3.81. The predicted molar refractivity (Wildman–Crippen MR) is 138 cm³/mol. The molecule has 0 aliphatic heterocycles. The van der Waals surface area contributed by atoms with Gasteiger partial charge in [0.15, 0.2) is 0 Å². The van der Waals surface area contributed by atoms with Gasteiger partial charge in [0, 0.05) is 27.9 Å². The number of carbonyl (C=O) groups is 1. The van der Waals surface area contributed by atoms with E-state index in [2.05, 4.69) is 20.5 Å². The topological polar surface area (TPSA) is 120 Å². The van der Waals surface area contributed by atoms with Gasteiger partial charge in [-0.3, -0.25) is 4.79 Å². The number of nitrogens with zero attached hydrogens (tertiary/aromatic N) is 6. The van der Waals surface area contributed by atoms with Crippen molar-refractivity contribution in [2.75, 3.05) is 5.32 Å². The fourth-order valence-electron chi connectivity index (χ4n) is 4.08. The van der Waals surface area contributed by atoms with Crippen LogP contribution in [0.4, 0.5) is 14.5 Å². The van der Waals surface area contributed by atoms with Crippen LogP contribution in [0.2, 0.25) is 5.02 Å². The highest BCUT2D eigenvalue weighted by Crippen LogP contribution is 2.28. The average Bonchev–Trinajstić information content (AvgIpc) is 3.54. The maximum absolute atomic E-state index is 14.7. The van der Waals surface area contributed by atoms with E-state index in [4.69, 9.17) is 11.6 Å². The van der Waals surface area contributed by atoms with Crippen molar-refractivity contribution < 1.29 is 18.7 Å². The van der Waals surface area contributed by atoms with E-state index in [-0.39, 0.29) is 18.0 Å². The molecule has 13 heteroatoms. The van der Waals surface area contributed by atoms with Crippen LogP contribution in [0.1, 0.15) is 15.9 Å². The van der Waals surface area contributed by atoms with Gasteiger partial charge in [0.1, 0.15) is 36.2 Å². The van der Waals surface area contributed by atoms with Crippen LogP contribution in [0.5, 0.6) is 0 Å². The number of nitrogens with one attached hydrogen (secondary N) is 1.